The van der Waals surface area contributed by atoms with Crippen molar-refractivity contribution in [3.05, 3.63) is 29.3 Å². The Morgan fingerprint density at radius 1 is 1.30 bits per heavy atom. The maximum Gasteiger partial charge on any atom is 0.416 e. The van der Waals surface area contributed by atoms with Crippen LogP contribution >= 0.6 is 0 Å². The lowest BCUT2D eigenvalue weighted by Gasteiger charge is -2.19. The van der Waals surface area contributed by atoms with E-state index in [9.17, 15) is 18.0 Å². The van der Waals surface area contributed by atoms with Crippen LogP contribution in [0.5, 0.6) is 0 Å². The third-order valence-electron chi connectivity index (χ3n) is 2.80. The molecule has 0 fully saturated rings. The van der Waals surface area contributed by atoms with Crippen LogP contribution in [0.15, 0.2) is 18.2 Å². The van der Waals surface area contributed by atoms with E-state index in [0.29, 0.717) is 12.0 Å². The molecule has 0 radical (unpaired) electrons. The van der Waals surface area contributed by atoms with Crippen LogP contribution in [-0.4, -0.2) is 17.1 Å². The molecule has 1 unspecified atom stereocenters. The van der Waals surface area contributed by atoms with Gasteiger partial charge in [0.15, 0.2) is 0 Å². The van der Waals surface area contributed by atoms with E-state index in [-0.39, 0.29) is 17.3 Å². The molecular weight excluding hydrogens is 271 g/mol. The van der Waals surface area contributed by atoms with E-state index in [1.54, 1.807) is 0 Å². The van der Waals surface area contributed by atoms with Crippen molar-refractivity contribution in [1.29, 1.82) is 0 Å². The summed E-state index contributed by atoms with van der Waals surface area (Å²) in [6, 6.07) is 2.69. The van der Waals surface area contributed by atoms with Crippen LogP contribution in [0.4, 0.5) is 18.9 Å². The van der Waals surface area contributed by atoms with Crippen molar-refractivity contribution in [2.75, 3.05) is 5.32 Å². The summed E-state index contributed by atoms with van der Waals surface area (Å²) in [4.78, 5) is 11.1. The highest BCUT2D eigenvalue weighted by Gasteiger charge is 2.31. The minimum atomic E-state index is -4.55. The fraction of sp³-hybridized carbons (Fsp3) is 0.500. The standard InChI is InChI=1S/C14H18F3NO2/c1-8(2)6-9(3)18-12-5-4-10(14(15,16)17)7-11(12)13(19)20/h4-5,7-9,18H,6H2,1-3H3,(H,19,20). The number of benzene rings is 1. The topological polar surface area (TPSA) is 49.3 Å². The Kier molecular flexibility index (Phi) is 5.03. The molecule has 1 atom stereocenters. The van der Waals surface area contributed by atoms with Crippen molar-refractivity contribution in [3.63, 3.8) is 0 Å². The number of carboxylic acid groups (broad SMARTS) is 1. The summed E-state index contributed by atoms with van der Waals surface area (Å²) < 4.78 is 37.8. The molecule has 0 spiro atoms. The molecule has 3 nitrogen and oxygen atoms in total. The first-order valence-corrected chi connectivity index (χ1v) is 6.32. The Balaban J connectivity index is 3.05. The molecule has 0 aromatic heterocycles. The lowest BCUT2D eigenvalue weighted by molar-refractivity contribution is -0.137. The Labute approximate surface area is 115 Å². The lowest BCUT2D eigenvalue weighted by Crippen LogP contribution is -2.20. The minimum Gasteiger partial charge on any atom is -0.478 e. The van der Waals surface area contributed by atoms with Crippen LogP contribution in [0.1, 0.15) is 43.1 Å². The zero-order valence-electron chi connectivity index (χ0n) is 11.6. The van der Waals surface area contributed by atoms with E-state index in [2.05, 4.69) is 5.32 Å². The van der Waals surface area contributed by atoms with Crippen molar-refractivity contribution in [3.8, 4) is 0 Å². The number of nitrogens with one attached hydrogen (secondary N) is 1. The predicted octanol–water partition coefficient (Wildman–Crippen LogP) is 4.25. The van der Waals surface area contributed by atoms with Crippen molar-refractivity contribution < 1.29 is 23.1 Å². The van der Waals surface area contributed by atoms with Crippen molar-refractivity contribution >= 4 is 11.7 Å². The van der Waals surface area contributed by atoms with Crippen LogP contribution < -0.4 is 5.32 Å². The average molecular weight is 289 g/mol. The maximum atomic E-state index is 12.6. The first kappa shape index (κ1) is 16.3. The second-order valence-electron chi connectivity index (χ2n) is 5.24. The lowest BCUT2D eigenvalue weighted by atomic mass is 10.0. The predicted molar refractivity (Wildman–Crippen MR) is 70.9 cm³/mol. The first-order valence-electron chi connectivity index (χ1n) is 6.32. The van der Waals surface area contributed by atoms with Gasteiger partial charge in [0, 0.05) is 11.7 Å². The van der Waals surface area contributed by atoms with E-state index < -0.39 is 17.7 Å². The van der Waals surface area contributed by atoms with Gasteiger partial charge < -0.3 is 10.4 Å². The molecule has 0 aliphatic rings. The number of halogens is 3. The summed E-state index contributed by atoms with van der Waals surface area (Å²) in [5, 5.41) is 12.0. The molecule has 0 aliphatic carbocycles. The molecule has 0 saturated carbocycles. The largest absolute Gasteiger partial charge is 0.478 e. The van der Waals surface area contributed by atoms with Gasteiger partial charge in [0.2, 0.25) is 0 Å². The fourth-order valence-electron chi connectivity index (χ4n) is 2.05. The summed E-state index contributed by atoms with van der Waals surface area (Å²) in [5.74, 6) is -0.976. The van der Waals surface area contributed by atoms with Crippen LogP contribution in [0.25, 0.3) is 0 Å². The van der Waals surface area contributed by atoms with Gasteiger partial charge in [-0.25, -0.2) is 4.79 Å². The smallest absolute Gasteiger partial charge is 0.416 e. The number of hydrogen-bond acceptors (Lipinski definition) is 2. The molecule has 0 heterocycles. The SMILES string of the molecule is CC(C)CC(C)Nc1ccc(C(F)(F)F)cc1C(=O)O. The molecule has 0 aliphatic heterocycles. The molecular formula is C14H18F3NO2. The van der Waals surface area contributed by atoms with Crippen LogP contribution in [0.2, 0.25) is 0 Å². The van der Waals surface area contributed by atoms with Gasteiger partial charge >= 0.3 is 12.1 Å². The average Bonchev–Trinajstić information content (AvgIpc) is 2.26. The monoisotopic (exact) mass is 289 g/mol. The molecule has 20 heavy (non-hydrogen) atoms. The van der Waals surface area contributed by atoms with Crippen LogP contribution in [-0.2, 0) is 6.18 Å². The molecule has 6 heteroatoms. The van der Waals surface area contributed by atoms with E-state index in [0.717, 1.165) is 12.5 Å². The van der Waals surface area contributed by atoms with Gasteiger partial charge in [-0.15, -0.1) is 0 Å². The number of anilines is 1. The maximum absolute atomic E-state index is 12.6. The third kappa shape index (κ3) is 4.43. The first-order chi connectivity index (χ1) is 9.11. The van der Waals surface area contributed by atoms with E-state index in [1.807, 2.05) is 20.8 Å². The number of hydrogen-bond donors (Lipinski definition) is 2. The number of alkyl halides is 3. The van der Waals surface area contributed by atoms with Crippen molar-refractivity contribution in [2.45, 2.75) is 39.4 Å². The van der Waals surface area contributed by atoms with Crippen molar-refractivity contribution in [2.24, 2.45) is 5.92 Å². The van der Waals surface area contributed by atoms with Crippen molar-refractivity contribution in [1.82, 2.24) is 0 Å². The van der Waals surface area contributed by atoms with E-state index in [4.69, 9.17) is 5.11 Å². The summed E-state index contributed by atoms with van der Waals surface area (Å²) in [6.45, 7) is 5.90. The number of carbonyl (C=O) groups is 1. The van der Waals surface area contributed by atoms with E-state index >= 15 is 0 Å². The molecule has 2 N–H and O–H groups in total. The summed E-state index contributed by atoms with van der Waals surface area (Å²) in [6.07, 6.45) is -3.76. The quantitative estimate of drug-likeness (QED) is 0.852. The van der Waals surface area contributed by atoms with Gasteiger partial charge in [-0.2, -0.15) is 13.2 Å². The van der Waals surface area contributed by atoms with Gasteiger partial charge in [0.1, 0.15) is 0 Å². The highest BCUT2D eigenvalue weighted by molar-refractivity contribution is 5.94. The normalized spacial score (nSPS) is 13.3. The molecule has 112 valence electrons. The zero-order valence-corrected chi connectivity index (χ0v) is 11.6. The fourth-order valence-corrected chi connectivity index (χ4v) is 2.05. The summed E-state index contributed by atoms with van der Waals surface area (Å²) in [7, 11) is 0. The number of carboxylic acids is 1. The molecule has 1 aromatic carbocycles. The minimum absolute atomic E-state index is 0.0233. The second kappa shape index (κ2) is 6.15. The highest BCUT2D eigenvalue weighted by Crippen LogP contribution is 2.32. The van der Waals surface area contributed by atoms with Crippen LogP contribution in [0, 0.1) is 5.92 Å². The Morgan fingerprint density at radius 3 is 2.35 bits per heavy atom. The third-order valence-corrected chi connectivity index (χ3v) is 2.80. The number of rotatable bonds is 5. The zero-order chi connectivity index (χ0) is 15.5. The summed E-state index contributed by atoms with van der Waals surface area (Å²) in [5.41, 5.74) is -1.12. The molecule has 1 aromatic rings. The Bertz CT molecular complexity index is 484. The highest BCUT2D eigenvalue weighted by atomic mass is 19.4. The van der Waals surface area contributed by atoms with E-state index in [1.165, 1.54) is 6.07 Å². The summed E-state index contributed by atoms with van der Waals surface area (Å²) >= 11 is 0. The molecule has 0 bridgehead atoms. The van der Waals surface area contributed by atoms with Gasteiger partial charge in [0.05, 0.1) is 11.1 Å². The van der Waals surface area contributed by atoms with Gasteiger partial charge in [-0.1, -0.05) is 13.8 Å². The van der Waals surface area contributed by atoms with Gasteiger partial charge in [-0.05, 0) is 37.5 Å². The van der Waals surface area contributed by atoms with Crippen LogP contribution in [0.3, 0.4) is 0 Å². The Morgan fingerprint density at radius 2 is 1.90 bits per heavy atom. The second-order valence-corrected chi connectivity index (χ2v) is 5.24. The Hall–Kier alpha value is -1.72. The molecule has 0 amide bonds. The van der Waals surface area contributed by atoms with Gasteiger partial charge in [0.25, 0.3) is 0 Å². The molecule has 0 saturated heterocycles. The van der Waals surface area contributed by atoms with Gasteiger partial charge in [-0.3, -0.25) is 0 Å². The number of aromatic carboxylic acids is 1. The molecule has 1 rings (SSSR count).